The van der Waals surface area contributed by atoms with Gasteiger partial charge in [-0.05, 0) is 6.92 Å². The molecule has 4 atom stereocenters. The molecular formula is C13H21FN2O7. The van der Waals surface area contributed by atoms with E-state index in [1.54, 1.807) is 0 Å². The summed E-state index contributed by atoms with van der Waals surface area (Å²) in [6.07, 6.45) is -3.54. The fourth-order valence-electron chi connectivity index (χ4n) is 2.13. The number of nitrogens with one attached hydrogen (secondary N) is 1. The van der Waals surface area contributed by atoms with Crippen LogP contribution in [0.2, 0.25) is 0 Å². The van der Waals surface area contributed by atoms with Crippen LogP contribution in [0.1, 0.15) is 11.6 Å². The van der Waals surface area contributed by atoms with Gasteiger partial charge in [-0.1, -0.05) is 0 Å². The minimum Gasteiger partial charge on any atom is -0.394 e. The number of alkyl halides is 1. The van der Waals surface area contributed by atoms with E-state index in [0.29, 0.717) is 0 Å². The summed E-state index contributed by atoms with van der Waals surface area (Å²) in [7, 11) is 0. The maximum Gasteiger partial charge on any atom is 0.328 e. The van der Waals surface area contributed by atoms with Crippen molar-refractivity contribution in [2.45, 2.75) is 31.3 Å². The minimum absolute atomic E-state index is 0.171. The van der Waals surface area contributed by atoms with Crippen LogP contribution in [0.5, 0.6) is 0 Å². The Balaban J connectivity index is 3.26. The van der Waals surface area contributed by atoms with Gasteiger partial charge in [0.2, 0.25) is 0 Å². The van der Waals surface area contributed by atoms with Crippen LogP contribution in [0.4, 0.5) is 4.39 Å². The number of H-pyrrole nitrogens is 1. The average molecular weight is 336 g/mol. The van der Waals surface area contributed by atoms with Crippen LogP contribution in [-0.4, -0.2) is 74.8 Å². The molecule has 0 bridgehead atoms. The quantitative estimate of drug-likeness (QED) is 0.334. The van der Waals surface area contributed by atoms with E-state index < -0.39 is 62.1 Å². The highest BCUT2D eigenvalue weighted by atomic mass is 19.1. The maximum absolute atomic E-state index is 12.4. The lowest BCUT2D eigenvalue weighted by Crippen LogP contribution is -2.49. The summed E-state index contributed by atoms with van der Waals surface area (Å²) in [6.45, 7) is -1.41. The van der Waals surface area contributed by atoms with Gasteiger partial charge in [-0.25, -0.2) is 9.18 Å². The van der Waals surface area contributed by atoms with Crippen molar-refractivity contribution in [2.75, 3.05) is 26.5 Å². The highest BCUT2D eigenvalue weighted by Crippen LogP contribution is 2.19. The first-order valence-corrected chi connectivity index (χ1v) is 6.94. The Bertz CT molecular complexity index is 603. The Hall–Kier alpha value is -1.59. The molecule has 9 nitrogen and oxygen atoms in total. The number of hydrogen-bond acceptors (Lipinski definition) is 7. The van der Waals surface area contributed by atoms with E-state index >= 15 is 0 Å². The van der Waals surface area contributed by atoms with E-state index in [0.717, 1.165) is 10.8 Å². The van der Waals surface area contributed by atoms with Crippen molar-refractivity contribution in [3.63, 3.8) is 0 Å². The first kappa shape index (κ1) is 19.5. The third-order valence-corrected chi connectivity index (χ3v) is 3.37. The third-order valence-electron chi connectivity index (χ3n) is 3.37. The summed E-state index contributed by atoms with van der Waals surface area (Å²) in [5, 5.41) is 38.1. The molecule has 0 fully saturated rings. The van der Waals surface area contributed by atoms with Crippen molar-refractivity contribution in [1.29, 1.82) is 0 Å². The van der Waals surface area contributed by atoms with Gasteiger partial charge in [-0.15, -0.1) is 0 Å². The number of aryl methyl sites for hydroxylation is 1. The van der Waals surface area contributed by atoms with Crippen molar-refractivity contribution >= 4 is 0 Å². The second-order valence-electron chi connectivity index (χ2n) is 4.99. The lowest BCUT2D eigenvalue weighted by Gasteiger charge is -2.32. The Morgan fingerprint density at radius 2 is 1.96 bits per heavy atom. The summed E-state index contributed by atoms with van der Waals surface area (Å²) in [4.78, 5) is 25.3. The molecule has 1 rings (SSSR count). The first-order chi connectivity index (χ1) is 10.9. The number of aromatic nitrogens is 2. The number of rotatable bonds is 9. The molecule has 0 saturated carbocycles. The monoisotopic (exact) mass is 336 g/mol. The highest BCUT2D eigenvalue weighted by Gasteiger charge is 2.35. The zero-order chi connectivity index (χ0) is 17.6. The predicted octanol–water partition coefficient (Wildman–Crippen LogP) is -2.55. The number of aromatic amines is 1. The molecule has 0 aliphatic heterocycles. The minimum atomic E-state index is -1.69. The molecule has 0 aliphatic rings. The molecule has 1 aromatic rings. The Labute approximate surface area is 130 Å². The molecular weight excluding hydrogens is 315 g/mol. The molecule has 10 heteroatoms. The molecule has 0 amide bonds. The number of ether oxygens (including phenoxy) is 1. The lowest BCUT2D eigenvalue weighted by atomic mass is 10.0. The zero-order valence-electron chi connectivity index (χ0n) is 12.6. The van der Waals surface area contributed by atoms with Gasteiger partial charge in [-0.3, -0.25) is 14.3 Å². The molecule has 132 valence electrons. The van der Waals surface area contributed by atoms with Gasteiger partial charge in [0.1, 0.15) is 25.0 Å². The van der Waals surface area contributed by atoms with Crippen LogP contribution in [0.15, 0.2) is 15.8 Å². The standard InChI is InChI=1S/C13H21FN2O7/c1-7-4-16(13(22)15-12(7)21)8(5-17)11(23-3-2-14)10(20)9(19)6-18/h4,8-11,17-20H,2-3,5-6H2,1H3,(H,15,21,22)/t8-,9-,10-,11+/m1/s1. The van der Waals surface area contributed by atoms with Crippen LogP contribution < -0.4 is 11.2 Å². The van der Waals surface area contributed by atoms with Gasteiger partial charge >= 0.3 is 5.69 Å². The van der Waals surface area contributed by atoms with Crippen LogP contribution in [0.3, 0.4) is 0 Å². The van der Waals surface area contributed by atoms with Gasteiger partial charge in [0.25, 0.3) is 5.56 Å². The third kappa shape index (κ3) is 4.69. The van der Waals surface area contributed by atoms with Crippen molar-refractivity contribution in [3.05, 3.63) is 32.6 Å². The normalized spacial score (nSPS) is 16.8. The van der Waals surface area contributed by atoms with E-state index in [-0.39, 0.29) is 5.56 Å². The van der Waals surface area contributed by atoms with Crippen molar-refractivity contribution in [3.8, 4) is 0 Å². The van der Waals surface area contributed by atoms with E-state index in [2.05, 4.69) is 0 Å². The van der Waals surface area contributed by atoms with Gasteiger partial charge in [0.15, 0.2) is 0 Å². The summed E-state index contributed by atoms with van der Waals surface area (Å²) < 4.78 is 18.4. The van der Waals surface area contributed by atoms with Crippen LogP contribution in [-0.2, 0) is 4.74 Å². The number of nitrogens with zero attached hydrogens (tertiary/aromatic N) is 1. The second kappa shape index (κ2) is 8.89. The maximum atomic E-state index is 12.4. The second-order valence-corrected chi connectivity index (χ2v) is 4.99. The fourth-order valence-corrected chi connectivity index (χ4v) is 2.13. The number of halogens is 1. The summed E-state index contributed by atoms with van der Waals surface area (Å²) in [5.74, 6) is 0. The molecule has 0 unspecified atom stereocenters. The van der Waals surface area contributed by atoms with Crippen molar-refractivity contribution in [2.24, 2.45) is 0 Å². The highest BCUT2D eigenvalue weighted by molar-refractivity contribution is 5.03. The zero-order valence-corrected chi connectivity index (χ0v) is 12.6. The molecule has 0 radical (unpaired) electrons. The largest absolute Gasteiger partial charge is 0.394 e. The summed E-state index contributed by atoms with van der Waals surface area (Å²) >= 11 is 0. The van der Waals surface area contributed by atoms with E-state index in [9.17, 15) is 29.3 Å². The predicted molar refractivity (Wildman–Crippen MR) is 77.0 cm³/mol. The number of aliphatic hydroxyl groups excluding tert-OH is 4. The van der Waals surface area contributed by atoms with E-state index in [1.807, 2.05) is 4.98 Å². The average Bonchev–Trinajstić information content (AvgIpc) is 2.54. The first-order valence-electron chi connectivity index (χ1n) is 6.94. The van der Waals surface area contributed by atoms with Crippen molar-refractivity contribution < 1.29 is 29.6 Å². The topological polar surface area (TPSA) is 145 Å². The molecule has 0 aliphatic carbocycles. The van der Waals surface area contributed by atoms with Crippen LogP contribution in [0.25, 0.3) is 0 Å². The summed E-state index contributed by atoms with van der Waals surface area (Å²) in [6, 6.07) is -1.21. The Kier molecular flexibility index (Phi) is 7.52. The van der Waals surface area contributed by atoms with Gasteiger partial charge in [0.05, 0.1) is 25.9 Å². The Morgan fingerprint density at radius 1 is 1.30 bits per heavy atom. The smallest absolute Gasteiger partial charge is 0.328 e. The SMILES string of the molecule is Cc1cn([C@H](CO)[C@H](OCCF)[C@H](O)[C@H](O)CO)c(=O)[nH]c1=O. The van der Waals surface area contributed by atoms with Gasteiger partial charge in [-0.2, -0.15) is 0 Å². The molecule has 5 N–H and O–H groups in total. The molecule has 1 heterocycles. The van der Waals surface area contributed by atoms with Crippen molar-refractivity contribution in [1.82, 2.24) is 9.55 Å². The number of aliphatic hydroxyl groups is 4. The Morgan fingerprint density at radius 3 is 2.48 bits per heavy atom. The molecule has 0 saturated heterocycles. The summed E-state index contributed by atoms with van der Waals surface area (Å²) in [5.41, 5.74) is -1.30. The van der Waals surface area contributed by atoms with E-state index in [1.165, 1.54) is 6.92 Å². The van der Waals surface area contributed by atoms with Crippen LogP contribution >= 0.6 is 0 Å². The number of hydrogen-bond donors (Lipinski definition) is 5. The fraction of sp³-hybridized carbons (Fsp3) is 0.692. The van der Waals surface area contributed by atoms with Crippen LogP contribution in [0, 0.1) is 6.92 Å². The lowest BCUT2D eigenvalue weighted by molar-refractivity contribution is -0.126. The molecule has 0 aromatic carbocycles. The molecule has 1 aromatic heterocycles. The van der Waals surface area contributed by atoms with E-state index in [4.69, 9.17) is 9.84 Å². The molecule has 23 heavy (non-hydrogen) atoms. The van der Waals surface area contributed by atoms with Gasteiger partial charge < -0.3 is 25.2 Å². The molecule has 0 spiro atoms. The van der Waals surface area contributed by atoms with Gasteiger partial charge in [0, 0.05) is 11.8 Å².